The lowest BCUT2D eigenvalue weighted by atomic mass is 9.98. The summed E-state index contributed by atoms with van der Waals surface area (Å²) in [5.41, 5.74) is 0.982. The van der Waals surface area contributed by atoms with Crippen molar-refractivity contribution >= 4 is 23.2 Å². The maximum atomic E-state index is 12.1. The summed E-state index contributed by atoms with van der Waals surface area (Å²) in [7, 11) is 0. The summed E-state index contributed by atoms with van der Waals surface area (Å²) in [5.74, 6) is 1.36. The molecule has 5 nitrogen and oxygen atoms in total. The molecule has 0 heterocycles. The summed E-state index contributed by atoms with van der Waals surface area (Å²) in [6, 6.07) is 4.43. The zero-order valence-corrected chi connectivity index (χ0v) is 12.7. The molecule has 0 radical (unpaired) electrons. The van der Waals surface area contributed by atoms with Crippen LogP contribution in [0.4, 0.5) is 5.69 Å². The molecule has 1 aliphatic carbocycles. The van der Waals surface area contributed by atoms with Crippen molar-refractivity contribution in [3.05, 3.63) is 39.4 Å². The van der Waals surface area contributed by atoms with E-state index >= 15 is 0 Å². The van der Waals surface area contributed by atoms with Crippen LogP contribution in [0.25, 0.3) is 0 Å². The van der Waals surface area contributed by atoms with E-state index < -0.39 is 4.92 Å². The molecule has 1 N–H and O–H groups in total. The molecule has 1 fully saturated rings. The molecule has 0 aliphatic heterocycles. The van der Waals surface area contributed by atoms with E-state index in [-0.39, 0.29) is 11.6 Å². The van der Waals surface area contributed by atoms with E-state index in [4.69, 9.17) is 11.6 Å². The van der Waals surface area contributed by atoms with Crippen LogP contribution in [0, 0.1) is 28.9 Å². The number of alkyl halides is 1. The lowest BCUT2D eigenvalue weighted by Gasteiger charge is -2.17. The topological polar surface area (TPSA) is 72.2 Å². The van der Waals surface area contributed by atoms with Crippen LogP contribution in [0.15, 0.2) is 18.2 Å². The van der Waals surface area contributed by atoms with Crippen LogP contribution in [0.3, 0.4) is 0 Å². The van der Waals surface area contributed by atoms with E-state index in [1.165, 1.54) is 12.1 Å². The fourth-order valence-corrected chi connectivity index (χ4v) is 3.32. The minimum Gasteiger partial charge on any atom is -0.352 e. The molecule has 2 rings (SSSR count). The van der Waals surface area contributed by atoms with Crippen LogP contribution in [0.1, 0.15) is 35.2 Å². The Hall–Kier alpha value is -1.62. The van der Waals surface area contributed by atoms with Crippen molar-refractivity contribution in [1.29, 1.82) is 0 Å². The molecule has 21 heavy (non-hydrogen) atoms. The van der Waals surface area contributed by atoms with Gasteiger partial charge in [-0.3, -0.25) is 14.9 Å². The molecule has 1 saturated carbocycles. The van der Waals surface area contributed by atoms with E-state index in [0.717, 1.165) is 19.3 Å². The largest absolute Gasteiger partial charge is 0.352 e. The summed E-state index contributed by atoms with van der Waals surface area (Å²) in [6.45, 7) is 2.25. The first-order chi connectivity index (χ1) is 10.0. The minimum atomic E-state index is -0.444. The highest BCUT2D eigenvalue weighted by molar-refractivity contribution is 6.18. The highest BCUT2D eigenvalue weighted by atomic mass is 35.5. The number of hydrogen-bond acceptors (Lipinski definition) is 3. The monoisotopic (exact) mass is 310 g/mol. The third kappa shape index (κ3) is 3.73. The average molecular weight is 311 g/mol. The molecule has 1 aromatic rings. The van der Waals surface area contributed by atoms with Gasteiger partial charge in [-0.2, -0.15) is 0 Å². The summed E-state index contributed by atoms with van der Waals surface area (Å²) in [4.78, 5) is 22.4. The molecule has 2 unspecified atom stereocenters. The zero-order chi connectivity index (χ0) is 15.4. The number of amides is 1. The number of carbonyl (C=O) groups excluding carboxylic acids is 1. The number of nitrogens with one attached hydrogen (secondary N) is 1. The Morgan fingerprint density at radius 3 is 2.76 bits per heavy atom. The van der Waals surface area contributed by atoms with E-state index in [1.807, 2.05) is 0 Å². The lowest BCUT2D eigenvalue weighted by Crippen LogP contribution is -2.31. The summed E-state index contributed by atoms with van der Waals surface area (Å²) >= 11 is 5.93. The van der Waals surface area contributed by atoms with Gasteiger partial charge in [-0.25, -0.2) is 0 Å². The van der Waals surface area contributed by atoms with Crippen LogP contribution >= 0.6 is 11.6 Å². The average Bonchev–Trinajstić information content (AvgIpc) is 2.91. The van der Waals surface area contributed by atoms with Crippen molar-refractivity contribution < 1.29 is 9.72 Å². The Bertz CT molecular complexity index is 548. The number of aryl methyl sites for hydroxylation is 1. The van der Waals surface area contributed by atoms with Crippen molar-refractivity contribution in [3.8, 4) is 0 Å². The quantitative estimate of drug-likeness (QED) is 0.515. The predicted molar refractivity (Wildman–Crippen MR) is 81.7 cm³/mol. The van der Waals surface area contributed by atoms with Gasteiger partial charge < -0.3 is 5.32 Å². The highest BCUT2D eigenvalue weighted by Gasteiger charge is 2.26. The maximum absolute atomic E-state index is 12.1. The maximum Gasteiger partial charge on any atom is 0.272 e. The van der Waals surface area contributed by atoms with Gasteiger partial charge in [-0.05, 0) is 43.7 Å². The highest BCUT2D eigenvalue weighted by Crippen LogP contribution is 2.32. The van der Waals surface area contributed by atoms with Crippen LogP contribution in [-0.2, 0) is 0 Å². The minimum absolute atomic E-state index is 0.0320. The molecule has 0 bridgehead atoms. The first-order valence-electron chi connectivity index (χ1n) is 7.12. The lowest BCUT2D eigenvalue weighted by molar-refractivity contribution is -0.385. The molecule has 1 aromatic carbocycles. The van der Waals surface area contributed by atoms with Crippen LogP contribution in [-0.4, -0.2) is 23.3 Å². The molecular formula is C15H19ClN2O3. The molecule has 1 aliphatic rings. The smallest absolute Gasteiger partial charge is 0.272 e. The Labute approximate surface area is 128 Å². The Kier molecular flexibility index (Phi) is 5.17. The first kappa shape index (κ1) is 15.8. The van der Waals surface area contributed by atoms with Gasteiger partial charge in [-0.1, -0.05) is 6.42 Å². The van der Waals surface area contributed by atoms with E-state index in [0.29, 0.717) is 35.4 Å². The number of rotatable bonds is 5. The van der Waals surface area contributed by atoms with Crippen molar-refractivity contribution in [2.75, 3.05) is 12.4 Å². The number of nitrogens with zero attached hydrogens (tertiary/aromatic N) is 1. The second kappa shape index (κ2) is 6.89. The zero-order valence-electron chi connectivity index (χ0n) is 12.0. The number of hydrogen-bond donors (Lipinski definition) is 1. The molecule has 0 aromatic heterocycles. The van der Waals surface area contributed by atoms with Gasteiger partial charge in [0.25, 0.3) is 11.6 Å². The van der Waals surface area contributed by atoms with Gasteiger partial charge >= 0.3 is 0 Å². The fraction of sp³-hybridized carbons (Fsp3) is 0.533. The van der Waals surface area contributed by atoms with Crippen molar-refractivity contribution in [1.82, 2.24) is 5.32 Å². The second-order valence-electron chi connectivity index (χ2n) is 5.57. The van der Waals surface area contributed by atoms with E-state index in [9.17, 15) is 14.9 Å². The van der Waals surface area contributed by atoms with Gasteiger partial charge in [0.15, 0.2) is 0 Å². The number of nitro groups is 1. The van der Waals surface area contributed by atoms with E-state index in [2.05, 4.69) is 5.32 Å². The van der Waals surface area contributed by atoms with Crippen molar-refractivity contribution in [3.63, 3.8) is 0 Å². The SMILES string of the molecule is Cc1cc(C(=O)NCC2CCCC2CCl)ccc1[N+](=O)[O-]. The van der Waals surface area contributed by atoms with Crippen molar-refractivity contribution in [2.45, 2.75) is 26.2 Å². The van der Waals surface area contributed by atoms with Crippen LogP contribution < -0.4 is 5.32 Å². The number of carbonyl (C=O) groups is 1. The van der Waals surface area contributed by atoms with Gasteiger partial charge in [0.2, 0.25) is 0 Å². The number of halogens is 1. The normalized spacial score (nSPS) is 21.2. The Morgan fingerprint density at radius 1 is 1.43 bits per heavy atom. The van der Waals surface area contributed by atoms with Crippen LogP contribution in [0.5, 0.6) is 0 Å². The molecule has 0 spiro atoms. The predicted octanol–water partition coefficient (Wildman–Crippen LogP) is 3.29. The second-order valence-corrected chi connectivity index (χ2v) is 5.88. The molecular weight excluding hydrogens is 292 g/mol. The fourth-order valence-electron chi connectivity index (χ4n) is 2.91. The molecule has 1 amide bonds. The Morgan fingerprint density at radius 2 is 2.14 bits per heavy atom. The number of nitro benzene ring substituents is 1. The summed E-state index contributed by atoms with van der Waals surface area (Å²) in [5, 5.41) is 13.7. The molecule has 0 saturated heterocycles. The summed E-state index contributed by atoms with van der Waals surface area (Å²) < 4.78 is 0. The standard InChI is InChI=1S/C15H19ClN2O3/c1-10-7-11(5-6-14(10)18(20)21)15(19)17-9-13-4-2-3-12(13)8-16/h5-7,12-13H,2-4,8-9H2,1H3,(H,17,19). The molecule has 114 valence electrons. The van der Waals surface area contributed by atoms with Gasteiger partial charge in [0.1, 0.15) is 0 Å². The van der Waals surface area contributed by atoms with Crippen molar-refractivity contribution in [2.24, 2.45) is 11.8 Å². The Balaban J connectivity index is 1.97. The summed E-state index contributed by atoms with van der Waals surface area (Å²) in [6.07, 6.45) is 3.38. The first-order valence-corrected chi connectivity index (χ1v) is 7.65. The van der Waals surface area contributed by atoms with Gasteiger partial charge in [-0.15, -0.1) is 11.6 Å². The number of benzene rings is 1. The van der Waals surface area contributed by atoms with Gasteiger partial charge in [0, 0.05) is 29.6 Å². The third-order valence-electron chi connectivity index (χ3n) is 4.20. The molecule has 2 atom stereocenters. The third-order valence-corrected chi connectivity index (χ3v) is 4.59. The van der Waals surface area contributed by atoms with Gasteiger partial charge in [0.05, 0.1) is 4.92 Å². The van der Waals surface area contributed by atoms with Crippen LogP contribution in [0.2, 0.25) is 0 Å². The molecule has 6 heteroatoms. The van der Waals surface area contributed by atoms with E-state index in [1.54, 1.807) is 13.0 Å².